The molecule has 1 fully saturated rings. The van der Waals surface area contributed by atoms with Crippen LogP contribution < -0.4 is 5.32 Å². The standard InChI is InChI=1S/C18H16ClN5O/c19-14-6-7-16(24-12-21-22-23-24)15(10-14)17(25)20-11-18(8-9-18)13-4-2-1-3-5-13/h1-7,10,12H,8-9,11H2,(H,20,25). The number of hydrogen-bond donors (Lipinski definition) is 1. The van der Waals surface area contributed by atoms with E-state index in [2.05, 4.69) is 33.0 Å². The number of halogens is 1. The zero-order valence-corrected chi connectivity index (χ0v) is 14.1. The summed E-state index contributed by atoms with van der Waals surface area (Å²) in [5, 5.41) is 14.7. The first-order chi connectivity index (χ1) is 12.2. The zero-order valence-electron chi connectivity index (χ0n) is 13.4. The van der Waals surface area contributed by atoms with E-state index < -0.39 is 0 Å². The van der Waals surface area contributed by atoms with E-state index in [4.69, 9.17) is 11.6 Å². The minimum absolute atomic E-state index is 0.0461. The number of hydrogen-bond acceptors (Lipinski definition) is 4. The van der Waals surface area contributed by atoms with E-state index in [1.165, 1.54) is 16.6 Å². The number of benzene rings is 2. The Hall–Kier alpha value is -2.73. The minimum atomic E-state index is -0.185. The molecule has 1 saturated carbocycles. The van der Waals surface area contributed by atoms with Gasteiger partial charge in [-0.05, 0) is 47.0 Å². The Bertz CT molecular complexity index is 891. The normalized spacial score (nSPS) is 14.9. The van der Waals surface area contributed by atoms with Crippen molar-refractivity contribution < 1.29 is 4.79 Å². The number of amides is 1. The molecule has 7 heteroatoms. The minimum Gasteiger partial charge on any atom is -0.351 e. The van der Waals surface area contributed by atoms with Gasteiger partial charge in [0.1, 0.15) is 6.33 Å². The van der Waals surface area contributed by atoms with Crippen molar-refractivity contribution in [3.8, 4) is 5.69 Å². The third-order valence-corrected chi connectivity index (χ3v) is 4.86. The molecule has 3 aromatic rings. The molecule has 0 radical (unpaired) electrons. The van der Waals surface area contributed by atoms with Crippen LogP contribution >= 0.6 is 11.6 Å². The molecule has 4 rings (SSSR count). The van der Waals surface area contributed by atoms with Crippen LogP contribution in [0.15, 0.2) is 54.9 Å². The maximum atomic E-state index is 12.8. The van der Waals surface area contributed by atoms with Gasteiger partial charge in [-0.15, -0.1) is 5.10 Å². The fourth-order valence-electron chi connectivity index (χ4n) is 3.02. The Balaban J connectivity index is 1.55. The number of carbonyl (C=O) groups is 1. The van der Waals surface area contributed by atoms with Crippen molar-refractivity contribution in [2.24, 2.45) is 0 Å². The van der Waals surface area contributed by atoms with E-state index in [1.807, 2.05) is 18.2 Å². The molecule has 1 aliphatic carbocycles. The maximum absolute atomic E-state index is 12.8. The summed E-state index contributed by atoms with van der Waals surface area (Å²) in [6.07, 6.45) is 3.60. The summed E-state index contributed by atoms with van der Waals surface area (Å²) >= 11 is 6.08. The highest BCUT2D eigenvalue weighted by molar-refractivity contribution is 6.31. The Morgan fingerprint density at radius 1 is 1.20 bits per heavy atom. The second-order valence-corrected chi connectivity index (χ2v) is 6.68. The molecule has 2 aromatic carbocycles. The predicted octanol–water partition coefficient (Wildman–Crippen LogP) is 2.78. The first-order valence-corrected chi connectivity index (χ1v) is 8.42. The molecule has 1 heterocycles. The zero-order chi connectivity index (χ0) is 17.3. The quantitative estimate of drug-likeness (QED) is 0.765. The number of carbonyl (C=O) groups excluding carboxylic acids is 1. The molecule has 1 N–H and O–H groups in total. The van der Waals surface area contributed by atoms with Gasteiger partial charge in [0.15, 0.2) is 0 Å². The van der Waals surface area contributed by atoms with Crippen LogP contribution in [0.1, 0.15) is 28.8 Å². The molecular formula is C18H16ClN5O. The van der Waals surface area contributed by atoms with Crippen LogP contribution in [0.4, 0.5) is 0 Å². The maximum Gasteiger partial charge on any atom is 0.253 e. The van der Waals surface area contributed by atoms with Crippen LogP contribution in [0.5, 0.6) is 0 Å². The first kappa shape index (κ1) is 15.8. The van der Waals surface area contributed by atoms with Crippen molar-refractivity contribution in [3.05, 3.63) is 71.0 Å². The van der Waals surface area contributed by atoms with E-state index in [9.17, 15) is 4.79 Å². The fourth-order valence-corrected chi connectivity index (χ4v) is 3.19. The monoisotopic (exact) mass is 353 g/mol. The second-order valence-electron chi connectivity index (χ2n) is 6.24. The molecule has 1 aromatic heterocycles. The van der Waals surface area contributed by atoms with Gasteiger partial charge in [-0.1, -0.05) is 41.9 Å². The lowest BCUT2D eigenvalue weighted by Gasteiger charge is -2.17. The first-order valence-electron chi connectivity index (χ1n) is 8.05. The third-order valence-electron chi connectivity index (χ3n) is 4.63. The van der Waals surface area contributed by atoms with Gasteiger partial charge in [-0.2, -0.15) is 4.68 Å². The van der Waals surface area contributed by atoms with Crippen molar-refractivity contribution in [3.63, 3.8) is 0 Å². The smallest absolute Gasteiger partial charge is 0.253 e. The summed E-state index contributed by atoms with van der Waals surface area (Å²) in [7, 11) is 0. The van der Waals surface area contributed by atoms with Crippen molar-refractivity contribution in [2.75, 3.05) is 6.54 Å². The Morgan fingerprint density at radius 3 is 2.68 bits per heavy atom. The van der Waals surface area contributed by atoms with Gasteiger partial charge in [0.25, 0.3) is 5.91 Å². The van der Waals surface area contributed by atoms with Crippen molar-refractivity contribution in [1.29, 1.82) is 0 Å². The average Bonchev–Trinajstić information content (AvgIpc) is 3.25. The number of tetrazole rings is 1. The van der Waals surface area contributed by atoms with Crippen LogP contribution in [0, 0.1) is 0 Å². The van der Waals surface area contributed by atoms with Crippen molar-refractivity contribution in [1.82, 2.24) is 25.5 Å². The Labute approximate surface area is 149 Å². The largest absolute Gasteiger partial charge is 0.351 e. The van der Waals surface area contributed by atoms with Crippen LogP contribution in [-0.4, -0.2) is 32.7 Å². The molecule has 1 aliphatic rings. The van der Waals surface area contributed by atoms with Gasteiger partial charge in [0.05, 0.1) is 11.3 Å². The number of rotatable bonds is 5. The highest BCUT2D eigenvalue weighted by atomic mass is 35.5. The molecule has 0 saturated heterocycles. The SMILES string of the molecule is O=C(NCC1(c2ccccc2)CC1)c1cc(Cl)ccc1-n1cnnn1. The summed E-state index contributed by atoms with van der Waals surface area (Å²) < 4.78 is 1.45. The molecule has 25 heavy (non-hydrogen) atoms. The summed E-state index contributed by atoms with van der Waals surface area (Å²) in [4.78, 5) is 12.8. The lowest BCUT2D eigenvalue weighted by Crippen LogP contribution is -2.32. The van der Waals surface area contributed by atoms with Crippen LogP contribution in [0.2, 0.25) is 5.02 Å². The number of aromatic nitrogens is 4. The lowest BCUT2D eigenvalue weighted by molar-refractivity contribution is 0.0949. The van der Waals surface area contributed by atoms with Crippen LogP contribution in [0.25, 0.3) is 5.69 Å². The summed E-state index contributed by atoms with van der Waals surface area (Å²) in [6, 6.07) is 15.4. The van der Waals surface area contributed by atoms with E-state index in [0.717, 1.165) is 12.8 Å². The summed E-state index contributed by atoms with van der Waals surface area (Å²) in [5.41, 5.74) is 2.35. The molecule has 126 valence electrons. The van der Waals surface area contributed by atoms with Crippen LogP contribution in [-0.2, 0) is 5.41 Å². The highest BCUT2D eigenvalue weighted by Gasteiger charge is 2.44. The van der Waals surface area contributed by atoms with Crippen molar-refractivity contribution >= 4 is 17.5 Å². The van der Waals surface area contributed by atoms with Crippen LogP contribution in [0.3, 0.4) is 0 Å². The topological polar surface area (TPSA) is 72.7 Å². The average molecular weight is 354 g/mol. The van der Waals surface area contributed by atoms with E-state index in [-0.39, 0.29) is 11.3 Å². The lowest BCUT2D eigenvalue weighted by atomic mass is 9.96. The van der Waals surface area contributed by atoms with Gasteiger partial charge < -0.3 is 5.32 Å². The van der Waals surface area contributed by atoms with Gasteiger partial charge >= 0.3 is 0 Å². The Kier molecular flexibility index (Phi) is 3.97. The molecular weight excluding hydrogens is 338 g/mol. The summed E-state index contributed by atoms with van der Waals surface area (Å²) in [6.45, 7) is 0.595. The highest BCUT2D eigenvalue weighted by Crippen LogP contribution is 2.47. The Morgan fingerprint density at radius 2 is 2.00 bits per heavy atom. The van der Waals surface area contributed by atoms with Gasteiger partial charge in [0.2, 0.25) is 0 Å². The van der Waals surface area contributed by atoms with E-state index in [1.54, 1.807) is 18.2 Å². The van der Waals surface area contributed by atoms with Gasteiger partial charge in [-0.25, -0.2) is 0 Å². The second kappa shape index (κ2) is 6.29. The van der Waals surface area contributed by atoms with E-state index in [0.29, 0.717) is 22.8 Å². The fraction of sp³-hybridized carbons (Fsp3) is 0.222. The molecule has 0 aliphatic heterocycles. The van der Waals surface area contributed by atoms with Gasteiger partial charge in [0, 0.05) is 17.0 Å². The number of nitrogens with one attached hydrogen (secondary N) is 1. The van der Waals surface area contributed by atoms with Gasteiger partial charge in [-0.3, -0.25) is 4.79 Å². The third kappa shape index (κ3) is 3.13. The predicted molar refractivity (Wildman–Crippen MR) is 93.9 cm³/mol. The molecule has 0 bridgehead atoms. The molecule has 0 unspecified atom stereocenters. The molecule has 0 atom stereocenters. The number of nitrogens with zero attached hydrogens (tertiary/aromatic N) is 4. The molecule has 0 spiro atoms. The molecule has 6 nitrogen and oxygen atoms in total. The summed E-state index contributed by atoms with van der Waals surface area (Å²) in [5.74, 6) is -0.185. The molecule has 1 amide bonds. The van der Waals surface area contributed by atoms with Crippen molar-refractivity contribution in [2.45, 2.75) is 18.3 Å². The van der Waals surface area contributed by atoms with E-state index >= 15 is 0 Å².